The molecule has 2 aromatic carbocycles. The van der Waals surface area contributed by atoms with Gasteiger partial charge in [-0.3, -0.25) is 9.62 Å². The number of aliphatic hydroxyl groups is 1. The third kappa shape index (κ3) is 4.65. The third-order valence-corrected chi connectivity index (χ3v) is 7.23. The minimum atomic E-state index is -4.31. The second kappa shape index (κ2) is 9.30. The van der Waals surface area contributed by atoms with E-state index in [4.69, 9.17) is 13.9 Å². The van der Waals surface area contributed by atoms with Crippen molar-refractivity contribution in [2.75, 3.05) is 24.4 Å². The van der Waals surface area contributed by atoms with Crippen molar-refractivity contribution < 1.29 is 41.7 Å². The molecular formula is C24H21FN2O8S. The van der Waals surface area contributed by atoms with Crippen molar-refractivity contribution in [1.82, 2.24) is 4.90 Å². The molecule has 0 atom stereocenters. The average molecular weight is 517 g/mol. The molecular weight excluding hydrogens is 495 g/mol. The Bertz CT molecular complexity index is 1460. The Labute approximate surface area is 205 Å². The van der Waals surface area contributed by atoms with Crippen LogP contribution in [0.3, 0.4) is 0 Å². The topological polar surface area (TPSA) is 139 Å². The summed E-state index contributed by atoms with van der Waals surface area (Å²) >= 11 is 0. The summed E-state index contributed by atoms with van der Waals surface area (Å²) in [6.45, 7) is 1.47. The number of sulfonamides is 1. The number of fused-ring (bicyclic) bond motifs is 3. The van der Waals surface area contributed by atoms with Crippen LogP contribution in [0.2, 0.25) is 0 Å². The van der Waals surface area contributed by atoms with Crippen molar-refractivity contribution in [3.05, 3.63) is 65.9 Å². The number of likely N-dealkylation sites (tertiary alicyclic amines) is 1. The number of rotatable bonds is 7. The van der Waals surface area contributed by atoms with E-state index in [2.05, 4.69) is 4.72 Å². The van der Waals surface area contributed by atoms with E-state index < -0.39 is 22.0 Å². The molecule has 2 aliphatic rings. The highest BCUT2D eigenvalue weighted by atomic mass is 32.2. The number of β-amino-alcohol motifs (C(OH)–C–C–N with tert-alkyl or cyclic N) is 1. The molecule has 0 unspecified atom stereocenters. The Morgan fingerprint density at radius 3 is 2.78 bits per heavy atom. The summed E-state index contributed by atoms with van der Waals surface area (Å²) in [5, 5.41) is 18.7. The maximum absolute atomic E-state index is 14.0. The molecule has 0 radical (unpaired) electrons. The van der Waals surface area contributed by atoms with Crippen molar-refractivity contribution in [3.8, 4) is 22.6 Å². The second-order valence-corrected chi connectivity index (χ2v) is 9.95. The third-order valence-electron chi connectivity index (χ3n) is 5.79. The van der Waals surface area contributed by atoms with E-state index in [0.717, 1.165) is 18.2 Å². The second-order valence-electron chi connectivity index (χ2n) is 8.30. The van der Waals surface area contributed by atoms with Crippen LogP contribution in [-0.4, -0.2) is 55.4 Å². The van der Waals surface area contributed by atoms with Gasteiger partial charge in [0.25, 0.3) is 10.0 Å². The van der Waals surface area contributed by atoms with Gasteiger partial charge in [-0.1, -0.05) is 12.2 Å². The van der Waals surface area contributed by atoms with Crippen LogP contribution < -0.4 is 14.2 Å². The number of ether oxygens (including phenoxy) is 2. The van der Waals surface area contributed by atoms with Crippen LogP contribution in [0.4, 0.5) is 14.9 Å². The molecule has 1 saturated heterocycles. The van der Waals surface area contributed by atoms with Crippen LogP contribution in [0.5, 0.6) is 11.5 Å². The normalized spacial score (nSPS) is 15.6. The lowest BCUT2D eigenvalue weighted by Gasteiger charge is -2.34. The Morgan fingerprint density at radius 2 is 2.03 bits per heavy atom. The maximum Gasteiger partial charge on any atom is 0.511 e. The van der Waals surface area contributed by atoms with Gasteiger partial charge in [-0.25, -0.2) is 17.6 Å². The molecule has 1 fully saturated rings. The van der Waals surface area contributed by atoms with Crippen LogP contribution in [0.15, 0.2) is 58.1 Å². The smallest absolute Gasteiger partial charge is 0.481 e. The Hall–Kier alpha value is -3.87. The Balaban J connectivity index is 1.48. The summed E-state index contributed by atoms with van der Waals surface area (Å²) in [4.78, 5) is 13.1. The number of anilines is 1. The molecule has 188 valence electrons. The molecule has 1 aromatic heterocycles. The summed E-state index contributed by atoms with van der Waals surface area (Å²) < 4.78 is 58.9. The highest BCUT2D eigenvalue weighted by molar-refractivity contribution is 7.92. The number of hydrogen-bond donors (Lipinski definition) is 3. The molecule has 0 bridgehead atoms. The lowest BCUT2D eigenvalue weighted by molar-refractivity contribution is 0.00991. The largest absolute Gasteiger partial charge is 0.511 e. The Kier molecular flexibility index (Phi) is 6.16. The van der Waals surface area contributed by atoms with Crippen molar-refractivity contribution in [1.29, 1.82) is 0 Å². The van der Waals surface area contributed by atoms with E-state index in [-0.39, 0.29) is 40.4 Å². The minimum Gasteiger partial charge on any atom is -0.481 e. The van der Waals surface area contributed by atoms with Gasteiger partial charge in [0, 0.05) is 30.8 Å². The molecule has 3 N–H and O–H groups in total. The molecule has 0 saturated carbocycles. The molecule has 0 aliphatic carbocycles. The molecule has 12 heteroatoms. The maximum atomic E-state index is 14.0. The van der Waals surface area contributed by atoms with E-state index in [0.29, 0.717) is 36.5 Å². The number of carbonyl (C=O) groups is 1. The van der Waals surface area contributed by atoms with E-state index in [1.54, 1.807) is 18.2 Å². The van der Waals surface area contributed by atoms with Gasteiger partial charge in [0.2, 0.25) is 5.75 Å². The standard InChI is InChI=1S/C24H21FN2O8S/c25-15-3-6-21(14(10-15)2-1-8-27-11-16(28)12-27)36(31,32)26-19-5-4-18-17-7-9-33-20(17)13-34-22(18)23(19)35-24(29)30/h1-7,9-10,16,26,28H,8,11-13H2,(H,29,30)/b2-1-. The van der Waals surface area contributed by atoms with Gasteiger partial charge in [-0.15, -0.1) is 0 Å². The number of carboxylic acid groups (broad SMARTS) is 1. The summed E-state index contributed by atoms with van der Waals surface area (Å²) in [6.07, 6.45) is 2.58. The fourth-order valence-corrected chi connectivity index (χ4v) is 5.38. The number of aliphatic hydroxyl groups excluding tert-OH is 1. The SMILES string of the molecule is O=C(O)Oc1c(NS(=O)(=O)c2ccc(F)cc2/C=C\CN2CC(O)C2)ccc2c1OCc1occc1-2. The van der Waals surface area contributed by atoms with Crippen LogP contribution in [-0.2, 0) is 16.6 Å². The molecule has 36 heavy (non-hydrogen) atoms. The minimum absolute atomic E-state index is 0.00245. The fourth-order valence-electron chi connectivity index (χ4n) is 4.13. The van der Waals surface area contributed by atoms with E-state index >= 15 is 0 Å². The number of nitrogens with zero attached hydrogens (tertiary/aromatic N) is 1. The molecule has 2 aliphatic heterocycles. The first-order chi connectivity index (χ1) is 17.2. The van der Waals surface area contributed by atoms with Gasteiger partial charge in [-0.2, -0.15) is 0 Å². The molecule has 3 aromatic rings. The van der Waals surface area contributed by atoms with Crippen LogP contribution in [0, 0.1) is 5.82 Å². The van der Waals surface area contributed by atoms with Crippen molar-refractivity contribution in [3.63, 3.8) is 0 Å². The number of nitrogens with one attached hydrogen (secondary N) is 1. The van der Waals surface area contributed by atoms with Crippen LogP contribution in [0.25, 0.3) is 17.2 Å². The zero-order valence-corrected chi connectivity index (χ0v) is 19.5. The fraction of sp³-hybridized carbons (Fsp3) is 0.208. The quantitative estimate of drug-likeness (QED) is 0.318. The number of furan rings is 1. The zero-order chi connectivity index (χ0) is 25.4. The summed E-state index contributed by atoms with van der Waals surface area (Å²) in [5.74, 6) is -0.373. The van der Waals surface area contributed by atoms with Crippen LogP contribution in [0.1, 0.15) is 11.3 Å². The molecule has 3 heterocycles. The lowest BCUT2D eigenvalue weighted by atomic mass is 10.0. The van der Waals surface area contributed by atoms with Gasteiger partial charge in [0.15, 0.2) is 5.75 Å². The van der Waals surface area contributed by atoms with Gasteiger partial charge in [0.05, 0.1) is 22.9 Å². The highest BCUT2D eigenvalue weighted by Crippen LogP contribution is 2.48. The molecule has 5 rings (SSSR count). The molecule has 0 spiro atoms. The number of benzene rings is 2. The van der Waals surface area contributed by atoms with Gasteiger partial charge >= 0.3 is 6.16 Å². The van der Waals surface area contributed by atoms with Gasteiger partial charge in [0.1, 0.15) is 18.2 Å². The van der Waals surface area contributed by atoms with Crippen molar-refractivity contribution in [2.45, 2.75) is 17.6 Å². The average Bonchev–Trinajstić information content (AvgIpc) is 3.28. The number of hydrogen-bond acceptors (Lipinski definition) is 8. The first-order valence-corrected chi connectivity index (χ1v) is 12.4. The summed E-state index contributed by atoms with van der Waals surface area (Å²) in [7, 11) is -4.31. The van der Waals surface area contributed by atoms with Gasteiger partial charge < -0.3 is 24.1 Å². The zero-order valence-electron chi connectivity index (χ0n) is 18.7. The van der Waals surface area contributed by atoms with E-state index in [1.807, 2.05) is 4.90 Å². The van der Waals surface area contributed by atoms with Gasteiger partial charge in [-0.05, 0) is 42.0 Å². The monoisotopic (exact) mass is 516 g/mol. The molecule has 0 amide bonds. The first-order valence-electron chi connectivity index (χ1n) is 10.9. The van der Waals surface area contributed by atoms with Crippen molar-refractivity contribution >= 4 is 27.9 Å². The Morgan fingerprint density at radius 1 is 1.22 bits per heavy atom. The van der Waals surface area contributed by atoms with E-state index in [9.17, 15) is 27.8 Å². The van der Waals surface area contributed by atoms with E-state index in [1.165, 1.54) is 18.4 Å². The summed E-state index contributed by atoms with van der Waals surface area (Å²) in [6, 6.07) is 7.82. The predicted molar refractivity (Wildman–Crippen MR) is 126 cm³/mol. The lowest BCUT2D eigenvalue weighted by Crippen LogP contribution is -2.50. The first kappa shape index (κ1) is 23.9. The highest BCUT2D eigenvalue weighted by Gasteiger charge is 2.29. The predicted octanol–water partition coefficient (Wildman–Crippen LogP) is 3.53. The van der Waals surface area contributed by atoms with Crippen molar-refractivity contribution in [2.24, 2.45) is 0 Å². The molecule has 10 nitrogen and oxygen atoms in total. The number of halogens is 1. The van der Waals surface area contributed by atoms with Crippen LogP contribution >= 0.6 is 0 Å². The summed E-state index contributed by atoms with van der Waals surface area (Å²) in [5.41, 5.74) is 1.07.